The summed E-state index contributed by atoms with van der Waals surface area (Å²) in [5, 5.41) is 2.99. The van der Waals surface area contributed by atoms with Crippen LogP contribution in [0.25, 0.3) is 0 Å². The van der Waals surface area contributed by atoms with Crippen LogP contribution in [0.1, 0.15) is 11.1 Å². The summed E-state index contributed by atoms with van der Waals surface area (Å²) in [5.41, 5.74) is 0.527. The summed E-state index contributed by atoms with van der Waals surface area (Å²) in [7, 11) is 0. The third kappa shape index (κ3) is 4.15. The molecule has 0 aliphatic rings. The topological polar surface area (TPSA) is 12.0 Å². The SMILES string of the molecule is FC(F)(F)c1cc(Cl)cc(NCc2cccc(Br)c2)c1. The summed E-state index contributed by atoms with van der Waals surface area (Å²) in [4.78, 5) is 0. The molecule has 0 heterocycles. The monoisotopic (exact) mass is 363 g/mol. The van der Waals surface area contributed by atoms with Crippen molar-refractivity contribution >= 4 is 33.2 Å². The molecule has 0 fully saturated rings. The van der Waals surface area contributed by atoms with Crippen molar-refractivity contribution < 1.29 is 13.2 Å². The van der Waals surface area contributed by atoms with E-state index < -0.39 is 11.7 Å². The van der Waals surface area contributed by atoms with Crippen LogP contribution in [-0.2, 0) is 12.7 Å². The number of benzene rings is 2. The highest BCUT2D eigenvalue weighted by Crippen LogP contribution is 2.33. The fourth-order valence-corrected chi connectivity index (χ4v) is 2.39. The highest BCUT2D eigenvalue weighted by atomic mass is 79.9. The smallest absolute Gasteiger partial charge is 0.381 e. The summed E-state index contributed by atoms with van der Waals surface area (Å²) >= 11 is 9.06. The zero-order chi connectivity index (χ0) is 14.8. The summed E-state index contributed by atoms with van der Waals surface area (Å²) in [5.74, 6) is 0. The zero-order valence-corrected chi connectivity index (χ0v) is 12.5. The maximum Gasteiger partial charge on any atom is 0.416 e. The van der Waals surface area contributed by atoms with Crippen LogP contribution in [0.2, 0.25) is 5.02 Å². The first-order valence-electron chi connectivity index (χ1n) is 5.71. The maximum absolute atomic E-state index is 12.7. The molecule has 0 aromatic heterocycles. The van der Waals surface area contributed by atoms with E-state index in [2.05, 4.69) is 21.2 Å². The van der Waals surface area contributed by atoms with Crippen LogP contribution >= 0.6 is 27.5 Å². The molecule has 2 rings (SSSR count). The normalized spacial score (nSPS) is 11.4. The lowest BCUT2D eigenvalue weighted by Crippen LogP contribution is -2.06. The largest absolute Gasteiger partial charge is 0.416 e. The Labute approximate surface area is 127 Å². The number of hydrogen-bond acceptors (Lipinski definition) is 1. The second-order valence-electron chi connectivity index (χ2n) is 4.21. The molecule has 1 N–H and O–H groups in total. The fraction of sp³-hybridized carbons (Fsp3) is 0.143. The van der Waals surface area contributed by atoms with Gasteiger partial charge in [-0.05, 0) is 35.9 Å². The van der Waals surface area contributed by atoms with Gasteiger partial charge in [-0.2, -0.15) is 13.2 Å². The minimum atomic E-state index is -4.41. The molecule has 0 aliphatic carbocycles. The van der Waals surface area contributed by atoms with E-state index in [1.54, 1.807) is 0 Å². The molecule has 20 heavy (non-hydrogen) atoms. The van der Waals surface area contributed by atoms with Crippen LogP contribution in [0.5, 0.6) is 0 Å². The summed E-state index contributed by atoms with van der Waals surface area (Å²) in [6.07, 6.45) is -4.41. The van der Waals surface area contributed by atoms with Crippen molar-refractivity contribution in [3.63, 3.8) is 0 Å². The highest BCUT2D eigenvalue weighted by molar-refractivity contribution is 9.10. The Morgan fingerprint density at radius 3 is 2.50 bits per heavy atom. The van der Waals surface area contributed by atoms with Crippen molar-refractivity contribution in [3.8, 4) is 0 Å². The van der Waals surface area contributed by atoms with Gasteiger partial charge in [-0.3, -0.25) is 0 Å². The van der Waals surface area contributed by atoms with Crippen molar-refractivity contribution in [2.75, 3.05) is 5.32 Å². The van der Waals surface area contributed by atoms with Crippen LogP contribution in [0.3, 0.4) is 0 Å². The second-order valence-corrected chi connectivity index (χ2v) is 5.56. The molecule has 0 spiro atoms. The molecule has 0 saturated heterocycles. The molecule has 0 saturated carbocycles. The quantitative estimate of drug-likeness (QED) is 0.733. The van der Waals surface area contributed by atoms with Gasteiger partial charge in [-0.15, -0.1) is 0 Å². The summed E-state index contributed by atoms with van der Waals surface area (Å²) in [6, 6.07) is 10.9. The average molecular weight is 365 g/mol. The van der Waals surface area contributed by atoms with Crippen LogP contribution in [0, 0.1) is 0 Å². The van der Waals surface area contributed by atoms with Crippen molar-refractivity contribution in [2.45, 2.75) is 12.7 Å². The molecule has 0 amide bonds. The van der Waals surface area contributed by atoms with Gasteiger partial charge in [0.05, 0.1) is 5.56 Å². The maximum atomic E-state index is 12.7. The Morgan fingerprint density at radius 2 is 1.85 bits per heavy atom. The van der Waals surface area contributed by atoms with Crippen LogP contribution < -0.4 is 5.32 Å². The number of alkyl halides is 3. The first-order chi connectivity index (χ1) is 9.34. The molecular formula is C14H10BrClF3N. The van der Waals surface area contributed by atoms with E-state index in [0.717, 1.165) is 22.2 Å². The summed E-state index contributed by atoms with van der Waals surface area (Å²) < 4.78 is 38.9. The van der Waals surface area contributed by atoms with Crippen molar-refractivity contribution in [2.24, 2.45) is 0 Å². The molecule has 2 aromatic rings. The minimum Gasteiger partial charge on any atom is -0.381 e. The Hall–Kier alpha value is -1.20. The van der Waals surface area contributed by atoms with E-state index in [4.69, 9.17) is 11.6 Å². The van der Waals surface area contributed by atoms with Crippen LogP contribution in [0.15, 0.2) is 46.9 Å². The van der Waals surface area contributed by atoms with Gasteiger partial charge < -0.3 is 5.32 Å². The highest BCUT2D eigenvalue weighted by Gasteiger charge is 2.31. The zero-order valence-electron chi connectivity index (χ0n) is 10.1. The first kappa shape index (κ1) is 15.2. The number of halogens is 5. The Balaban J connectivity index is 2.16. The van der Waals surface area contributed by atoms with Gasteiger partial charge in [0, 0.05) is 21.7 Å². The molecule has 0 radical (unpaired) electrons. The Bertz CT molecular complexity index is 614. The molecule has 0 aliphatic heterocycles. The van der Waals surface area contributed by atoms with Gasteiger partial charge in [-0.1, -0.05) is 39.7 Å². The van der Waals surface area contributed by atoms with E-state index >= 15 is 0 Å². The lowest BCUT2D eigenvalue weighted by Gasteiger charge is -2.12. The second kappa shape index (κ2) is 6.06. The van der Waals surface area contributed by atoms with E-state index in [0.29, 0.717) is 12.2 Å². The summed E-state index contributed by atoms with van der Waals surface area (Å²) in [6.45, 7) is 0.414. The molecule has 106 valence electrons. The van der Waals surface area contributed by atoms with Gasteiger partial charge >= 0.3 is 6.18 Å². The van der Waals surface area contributed by atoms with Gasteiger partial charge in [0.1, 0.15) is 0 Å². The Morgan fingerprint density at radius 1 is 1.10 bits per heavy atom. The van der Waals surface area contributed by atoms with E-state index in [1.807, 2.05) is 24.3 Å². The van der Waals surface area contributed by atoms with Gasteiger partial charge in [0.2, 0.25) is 0 Å². The number of rotatable bonds is 3. The third-order valence-electron chi connectivity index (χ3n) is 2.61. The lowest BCUT2D eigenvalue weighted by molar-refractivity contribution is -0.137. The van der Waals surface area contributed by atoms with E-state index in [9.17, 15) is 13.2 Å². The molecule has 1 nitrogen and oxygen atoms in total. The first-order valence-corrected chi connectivity index (χ1v) is 6.88. The van der Waals surface area contributed by atoms with Crippen molar-refractivity contribution in [3.05, 3.63) is 63.1 Å². The van der Waals surface area contributed by atoms with E-state index in [1.165, 1.54) is 6.07 Å². The predicted molar refractivity (Wildman–Crippen MR) is 77.9 cm³/mol. The molecular weight excluding hydrogens is 355 g/mol. The fourth-order valence-electron chi connectivity index (χ4n) is 1.71. The van der Waals surface area contributed by atoms with Crippen LogP contribution in [0.4, 0.5) is 18.9 Å². The average Bonchev–Trinajstić information content (AvgIpc) is 2.35. The minimum absolute atomic E-state index is 0.0524. The standard InChI is InChI=1S/C14H10BrClF3N/c15-11-3-1-2-9(4-11)8-20-13-6-10(14(17,18)19)5-12(16)7-13/h1-7,20H,8H2. The Kier molecular flexibility index (Phi) is 4.60. The molecule has 0 bridgehead atoms. The van der Waals surface area contributed by atoms with Crippen LogP contribution in [-0.4, -0.2) is 0 Å². The number of nitrogens with one attached hydrogen (secondary N) is 1. The van der Waals surface area contributed by atoms with Gasteiger partial charge in [0.15, 0.2) is 0 Å². The molecule has 0 atom stereocenters. The lowest BCUT2D eigenvalue weighted by atomic mass is 10.1. The van der Waals surface area contributed by atoms with E-state index in [-0.39, 0.29) is 5.02 Å². The number of hydrogen-bond donors (Lipinski definition) is 1. The molecule has 0 unspecified atom stereocenters. The van der Waals surface area contributed by atoms with Crippen molar-refractivity contribution in [1.29, 1.82) is 0 Å². The molecule has 6 heteroatoms. The van der Waals surface area contributed by atoms with Gasteiger partial charge in [0.25, 0.3) is 0 Å². The molecule has 2 aromatic carbocycles. The predicted octanol–water partition coefficient (Wildman–Crippen LogP) is 5.73. The van der Waals surface area contributed by atoms with Crippen molar-refractivity contribution in [1.82, 2.24) is 0 Å². The van der Waals surface area contributed by atoms with Gasteiger partial charge in [-0.25, -0.2) is 0 Å². The number of anilines is 1. The third-order valence-corrected chi connectivity index (χ3v) is 3.32.